The first kappa shape index (κ1) is 14.6. The maximum Gasteiger partial charge on any atom is 0.410 e. The molecule has 0 aromatic carbocycles. The summed E-state index contributed by atoms with van der Waals surface area (Å²) in [7, 11) is 0. The standard InChI is InChI=1S/C14H25FN2O2/c1-13(2,3)19-12(18)17-9-6-14(7-10-17)11(15)5-4-8-16-14/h11,16H,4-10H2,1-3H3. The van der Waals surface area contributed by atoms with Crippen LogP contribution in [0.15, 0.2) is 0 Å². The first-order chi connectivity index (χ1) is 8.82. The number of likely N-dealkylation sites (tertiary alicyclic amines) is 1. The lowest BCUT2D eigenvalue weighted by atomic mass is 9.79. The zero-order valence-corrected chi connectivity index (χ0v) is 12.2. The highest BCUT2D eigenvalue weighted by Gasteiger charge is 2.44. The number of rotatable bonds is 0. The second kappa shape index (κ2) is 5.27. The van der Waals surface area contributed by atoms with Crippen molar-refractivity contribution in [3.8, 4) is 0 Å². The zero-order valence-electron chi connectivity index (χ0n) is 12.2. The second-order valence-electron chi connectivity index (χ2n) is 6.66. The van der Waals surface area contributed by atoms with E-state index in [1.54, 1.807) is 4.90 Å². The van der Waals surface area contributed by atoms with Crippen LogP contribution in [0.5, 0.6) is 0 Å². The molecule has 1 atom stereocenters. The molecule has 0 radical (unpaired) electrons. The number of carbonyl (C=O) groups is 1. The molecule has 1 amide bonds. The Kier molecular flexibility index (Phi) is 4.04. The third-order valence-electron chi connectivity index (χ3n) is 4.02. The van der Waals surface area contributed by atoms with Crippen molar-refractivity contribution in [2.75, 3.05) is 19.6 Å². The van der Waals surface area contributed by atoms with Gasteiger partial charge >= 0.3 is 6.09 Å². The van der Waals surface area contributed by atoms with E-state index in [1.165, 1.54) is 0 Å². The van der Waals surface area contributed by atoms with Gasteiger partial charge in [-0.05, 0) is 53.0 Å². The van der Waals surface area contributed by atoms with E-state index in [1.807, 2.05) is 20.8 Å². The fourth-order valence-corrected chi connectivity index (χ4v) is 2.91. The molecule has 0 aromatic heterocycles. The molecule has 2 fully saturated rings. The number of hydrogen-bond donors (Lipinski definition) is 1. The topological polar surface area (TPSA) is 41.6 Å². The fourth-order valence-electron chi connectivity index (χ4n) is 2.91. The first-order valence-corrected chi connectivity index (χ1v) is 7.19. The molecule has 19 heavy (non-hydrogen) atoms. The zero-order chi connectivity index (χ0) is 14.1. The summed E-state index contributed by atoms with van der Waals surface area (Å²) in [5.41, 5.74) is -0.880. The molecule has 0 bridgehead atoms. The molecular formula is C14H25FN2O2. The number of carbonyl (C=O) groups excluding carboxylic acids is 1. The van der Waals surface area contributed by atoms with Gasteiger partial charge in [-0.1, -0.05) is 0 Å². The highest BCUT2D eigenvalue weighted by atomic mass is 19.1. The van der Waals surface area contributed by atoms with E-state index in [0.717, 1.165) is 13.0 Å². The minimum atomic E-state index is -0.790. The van der Waals surface area contributed by atoms with Gasteiger partial charge in [0.1, 0.15) is 11.8 Å². The summed E-state index contributed by atoms with van der Waals surface area (Å²) in [6.45, 7) is 7.60. The van der Waals surface area contributed by atoms with E-state index < -0.39 is 17.3 Å². The Hall–Kier alpha value is -0.840. The maximum atomic E-state index is 14.1. The molecule has 2 rings (SSSR count). The van der Waals surface area contributed by atoms with Crippen molar-refractivity contribution < 1.29 is 13.9 Å². The molecule has 2 aliphatic rings. The van der Waals surface area contributed by atoms with Gasteiger partial charge in [0.2, 0.25) is 0 Å². The molecule has 0 aliphatic carbocycles. The van der Waals surface area contributed by atoms with Crippen molar-refractivity contribution in [2.45, 2.75) is 63.8 Å². The quantitative estimate of drug-likeness (QED) is 0.736. The summed E-state index contributed by atoms with van der Waals surface area (Å²) in [6, 6.07) is 0. The Balaban J connectivity index is 1.90. The van der Waals surface area contributed by atoms with E-state index in [-0.39, 0.29) is 6.09 Å². The Labute approximate surface area is 114 Å². The predicted octanol–water partition coefficient (Wildman–Crippen LogP) is 2.48. The molecule has 110 valence electrons. The van der Waals surface area contributed by atoms with Crippen molar-refractivity contribution in [1.82, 2.24) is 10.2 Å². The van der Waals surface area contributed by atoms with Crippen LogP contribution >= 0.6 is 0 Å². The minimum Gasteiger partial charge on any atom is -0.444 e. The van der Waals surface area contributed by atoms with E-state index in [9.17, 15) is 9.18 Å². The van der Waals surface area contributed by atoms with Crippen molar-refractivity contribution >= 4 is 6.09 Å². The monoisotopic (exact) mass is 272 g/mol. The normalized spacial score (nSPS) is 27.4. The Morgan fingerprint density at radius 3 is 2.53 bits per heavy atom. The van der Waals surface area contributed by atoms with Crippen LogP contribution in [-0.2, 0) is 4.74 Å². The number of nitrogens with one attached hydrogen (secondary N) is 1. The van der Waals surface area contributed by atoms with Crippen molar-refractivity contribution in [3.05, 3.63) is 0 Å². The number of ether oxygens (including phenoxy) is 1. The number of amides is 1. The Morgan fingerprint density at radius 2 is 2.00 bits per heavy atom. The molecule has 1 N–H and O–H groups in total. The fraction of sp³-hybridized carbons (Fsp3) is 0.929. The maximum absolute atomic E-state index is 14.1. The molecule has 5 heteroatoms. The van der Waals surface area contributed by atoms with Gasteiger partial charge in [-0.2, -0.15) is 0 Å². The first-order valence-electron chi connectivity index (χ1n) is 7.19. The van der Waals surface area contributed by atoms with Crippen LogP contribution < -0.4 is 5.32 Å². The Morgan fingerprint density at radius 1 is 1.37 bits per heavy atom. The van der Waals surface area contributed by atoms with Gasteiger partial charge in [0.15, 0.2) is 0 Å². The summed E-state index contributed by atoms with van der Waals surface area (Å²) < 4.78 is 19.5. The van der Waals surface area contributed by atoms with Crippen LogP contribution in [0, 0.1) is 0 Å². The summed E-state index contributed by atoms with van der Waals surface area (Å²) >= 11 is 0. The molecule has 2 aliphatic heterocycles. The lowest BCUT2D eigenvalue weighted by Crippen LogP contribution is -2.62. The van der Waals surface area contributed by atoms with Gasteiger partial charge in [-0.3, -0.25) is 0 Å². The van der Waals surface area contributed by atoms with Gasteiger partial charge in [0, 0.05) is 13.1 Å². The average molecular weight is 272 g/mol. The van der Waals surface area contributed by atoms with E-state index in [0.29, 0.717) is 32.4 Å². The smallest absolute Gasteiger partial charge is 0.410 e. The summed E-state index contributed by atoms with van der Waals surface area (Å²) in [6.07, 6.45) is 1.81. The number of piperidine rings is 2. The van der Waals surface area contributed by atoms with Gasteiger partial charge < -0.3 is 15.0 Å². The number of nitrogens with zero attached hydrogens (tertiary/aromatic N) is 1. The van der Waals surface area contributed by atoms with Crippen LogP contribution in [0.1, 0.15) is 46.5 Å². The highest BCUT2D eigenvalue weighted by molar-refractivity contribution is 5.68. The molecule has 4 nitrogen and oxygen atoms in total. The van der Waals surface area contributed by atoms with E-state index in [4.69, 9.17) is 4.74 Å². The summed E-state index contributed by atoms with van der Waals surface area (Å²) in [5.74, 6) is 0. The third-order valence-corrected chi connectivity index (χ3v) is 4.02. The Bertz CT molecular complexity index is 333. The van der Waals surface area contributed by atoms with Crippen LogP contribution in [0.4, 0.5) is 9.18 Å². The molecule has 1 spiro atoms. The summed E-state index contributed by atoms with van der Waals surface area (Å²) in [5, 5.41) is 3.34. The van der Waals surface area contributed by atoms with Crippen LogP contribution in [0.2, 0.25) is 0 Å². The molecule has 2 heterocycles. The molecule has 2 saturated heterocycles. The number of alkyl halides is 1. The van der Waals surface area contributed by atoms with Crippen molar-refractivity contribution in [2.24, 2.45) is 0 Å². The van der Waals surface area contributed by atoms with E-state index >= 15 is 0 Å². The second-order valence-corrected chi connectivity index (χ2v) is 6.66. The molecule has 1 unspecified atom stereocenters. The number of hydrogen-bond acceptors (Lipinski definition) is 3. The molecule has 0 saturated carbocycles. The average Bonchev–Trinajstić information content (AvgIpc) is 2.32. The molecular weight excluding hydrogens is 247 g/mol. The lowest BCUT2D eigenvalue weighted by molar-refractivity contribution is 0.000563. The van der Waals surface area contributed by atoms with Gasteiger partial charge in [0.25, 0.3) is 0 Å². The highest BCUT2D eigenvalue weighted by Crippen LogP contribution is 2.33. The third kappa shape index (κ3) is 3.38. The van der Waals surface area contributed by atoms with Crippen LogP contribution in [0.25, 0.3) is 0 Å². The number of halogens is 1. The SMILES string of the molecule is CC(C)(C)OC(=O)N1CCC2(CC1)NCCCC2F. The lowest BCUT2D eigenvalue weighted by Gasteiger charge is -2.46. The summed E-state index contributed by atoms with van der Waals surface area (Å²) in [4.78, 5) is 13.6. The van der Waals surface area contributed by atoms with Crippen LogP contribution in [0.3, 0.4) is 0 Å². The van der Waals surface area contributed by atoms with E-state index in [2.05, 4.69) is 5.32 Å². The van der Waals surface area contributed by atoms with Crippen molar-refractivity contribution in [3.63, 3.8) is 0 Å². The van der Waals surface area contributed by atoms with Gasteiger partial charge in [-0.25, -0.2) is 9.18 Å². The predicted molar refractivity (Wildman–Crippen MR) is 71.9 cm³/mol. The van der Waals surface area contributed by atoms with Gasteiger partial charge in [0.05, 0.1) is 5.54 Å². The molecule has 0 aromatic rings. The largest absolute Gasteiger partial charge is 0.444 e. The van der Waals surface area contributed by atoms with Gasteiger partial charge in [-0.15, -0.1) is 0 Å². The minimum absolute atomic E-state index is 0.284. The van der Waals surface area contributed by atoms with Crippen LogP contribution in [-0.4, -0.2) is 47.9 Å². The van der Waals surface area contributed by atoms with Crippen molar-refractivity contribution in [1.29, 1.82) is 0 Å².